The van der Waals surface area contributed by atoms with E-state index in [1.807, 2.05) is 0 Å². The van der Waals surface area contributed by atoms with Gasteiger partial charge in [0, 0.05) is 0 Å². The number of halogens is 3. The van der Waals surface area contributed by atoms with Gasteiger partial charge in [0.25, 0.3) is 5.76 Å². The molecule has 114 valence electrons. The maximum Gasteiger partial charge on any atom is 0.284 e. The second-order valence-corrected chi connectivity index (χ2v) is 5.47. The summed E-state index contributed by atoms with van der Waals surface area (Å²) in [6.07, 6.45) is 0.787. The average molecular weight is 315 g/mol. The Labute approximate surface area is 125 Å². The molecule has 0 aliphatic heterocycles. The molecule has 0 aliphatic rings. The van der Waals surface area contributed by atoms with E-state index in [-0.39, 0.29) is 11.6 Å². The van der Waals surface area contributed by atoms with Crippen LogP contribution >= 0.6 is 11.8 Å². The van der Waals surface area contributed by atoms with Crippen molar-refractivity contribution >= 4 is 11.8 Å². The molecule has 0 bridgehead atoms. The minimum absolute atomic E-state index is 0.174. The van der Waals surface area contributed by atoms with Gasteiger partial charge in [-0.2, -0.15) is 8.78 Å². The summed E-state index contributed by atoms with van der Waals surface area (Å²) in [7, 11) is 0. The lowest BCUT2D eigenvalue weighted by atomic mass is 10.1. The normalized spacial score (nSPS) is 11.2. The van der Waals surface area contributed by atoms with Gasteiger partial charge in [-0.05, 0) is 42.8 Å². The zero-order valence-electron chi connectivity index (χ0n) is 11.3. The van der Waals surface area contributed by atoms with E-state index in [4.69, 9.17) is 4.42 Å². The van der Waals surface area contributed by atoms with Gasteiger partial charge in [0.15, 0.2) is 0 Å². The molecule has 2 aromatic rings. The van der Waals surface area contributed by atoms with Crippen LogP contribution in [0.1, 0.15) is 17.1 Å². The molecule has 1 aromatic heterocycles. The van der Waals surface area contributed by atoms with Gasteiger partial charge in [0.05, 0.1) is 12.3 Å². The Bertz CT molecular complexity index is 542. The Morgan fingerprint density at radius 2 is 1.76 bits per heavy atom. The molecule has 0 spiro atoms. The predicted molar refractivity (Wildman–Crippen MR) is 77.8 cm³/mol. The number of hydrogen-bond donors (Lipinski definition) is 1. The molecule has 0 saturated carbocycles. The van der Waals surface area contributed by atoms with Crippen molar-refractivity contribution in [1.29, 1.82) is 0 Å². The van der Waals surface area contributed by atoms with Gasteiger partial charge in [-0.25, -0.2) is 4.39 Å². The minimum atomic E-state index is -2.38. The maximum absolute atomic E-state index is 12.7. The third-order valence-corrected chi connectivity index (χ3v) is 3.57. The van der Waals surface area contributed by atoms with E-state index in [2.05, 4.69) is 5.32 Å². The Morgan fingerprint density at radius 3 is 2.48 bits per heavy atom. The number of hydrogen-bond acceptors (Lipinski definition) is 3. The summed E-state index contributed by atoms with van der Waals surface area (Å²) in [5.41, 5.74) is 1.05. The van der Waals surface area contributed by atoms with Gasteiger partial charge in [-0.1, -0.05) is 23.9 Å². The summed E-state index contributed by atoms with van der Waals surface area (Å²) in [4.78, 5) is 0. The van der Waals surface area contributed by atoms with Gasteiger partial charge in [-0.15, -0.1) is 0 Å². The monoisotopic (exact) mass is 315 g/mol. The molecule has 2 rings (SSSR count). The fraction of sp³-hybridized carbons (Fsp3) is 0.333. The van der Waals surface area contributed by atoms with Gasteiger partial charge in [-0.3, -0.25) is 0 Å². The van der Waals surface area contributed by atoms with Crippen LogP contribution in [0.15, 0.2) is 40.8 Å². The Morgan fingerprint density at radius 1 is 1.05 bits per heavy atom. The highest BCUT2D eigenvalue weighted by Gasteiger charge is 2.07. The lowest BCUT2D eigenvalue weighted by Gasteiger charge is -2.03. The molecule has 21 heavy (non-hydrogen) atoms. The highest BCUT2D eigenvalue weighted by Crippen LogP contribution is 2.21. The molecule has 0 aliphatic carbocycles. The standard InChI is InChI=1S/C15H16F3NOS/c16-12-3-1-11(2-4-12)7-8-19-9-13-5-6-14(20-13)10-21-15(17)18/h1-6,15,19H,7-10H2. The van der Waals surface area contributed by atoms with E-state index in [9.17, 15) is 13.2 Å². The molecular formula is C15H16F3NOS. The molecule has 1 N–H and O–H groups in total. The Hall–Kier alpha value is -1.40. The molecule has 1 aromatic carbocycles. The topological polar surface area (TPSA) is 25.2 Å². The smallest absolute Gasteiger partial charge is 0.284 e. The summed E-state index contributed by atoms with van der Waals surface area (Å²) in [5, 5.41) is 3.20. The fourth-order valence-electron chi connectivity index (χ4n) is 1.84. The van der Waals surface area contributed by atoms with Crippen molar-refractivity contribution in [1.82, 2.24) is 5.32 Å². The number of nitrogens with one attached hydrogen (secondary N) is 1. The number of rotatable bonds is 8. The van der Waals surface area contributed by atoms with Crippen LogP contribution in [0.4, 0.5) is 13.2 Å². The van der Waals surface area contributed by atoms with Crippen molar-refractivity contribution in [2.45, 2.75) is 24.5 Å². The number of alkyl halides is 2. The van der Waals surface area contributed by atoms with E-state index in [1.165, 1.54) is 12.1 Å². The minimum Gasteiger partial charge on any atom is -0.464 e. The van der Waals surface area contributed by atoms with Gasteiger partial charge >= 0.3 is 0 Å². The van der Waals surface area contributed by atoms with Gasteiger partial charge in [0.2, 0.25) is 0 Å². The molecule has 0 saturated heterocycles. The van der Waals surface area contributed by atoms with Crippen molar-refractivity contribution in [3.63, 3.8) is 0 Å². The first-order valence-electron chi connectivity index (χ1n) is 6.56. The van der Waals surface area contributed by atoms with Crippen LogP contribution in [0.25, 0.3) is 0 Å². The van der Waals surface area contributed by atoms with Crippen molar-refractivity contribution in [2.24, 2.45) is 0 Å². The first-order valence-corrected chi connectivity index (χ1v) is 7.61. The van der Waals surface area contributed by atoms with Crippen LogP contribution in [0.5, 0.6) is 0 Å². The molecular weight excluding hydrogens is 299 g/mol. The Kier molecular flexibility index (Phi) is 6.20. The van der Waals surface area contributed by atoms with Crippen molar-refractivity contribution < 1.29 is 17.6 Å². The summed E-state index contributed by atoms with van der Waals surface area (Å²) >= 11 is 0.546. The maximum atomic E-state index is 12.7. The summed E-state index contributed by atoms with van der Waals surface area (Å²) in [5.74, 6) is -1.17. The second-order valence-electron chi connectivity index (χ2n) is 4.49. The van der Waals surface area contributed by atoms with Crippen LogP contribution in [0.3, 0.4) is 0 Å². The van der Waals surface area contributed by atoms with Crippen molar-refractivity contribution in [2.75, 3.05) is 6.54 Å². The lowest BCUT2D eigenvalue weighted by Crippen LogP contribution is -2.16. The third-order valence-electron chi connectivity index (χ3n) is 2.87. The zero-order valence-corrected chi connectivity index (χ0v) is 12.1. The van der Waals surface area contributed by atoms with Gasteiger partial charge in [0.1, 0.15) is 17.3 Å². The van der Waals surface area contributed by atoms with Crippen LogP contribution in [-0.4, -0.2) is 12.3 Å². The van der Waals surface area contributed by atoms with E-state index in [0.717, 1.165) is 24.3 Å². The highest BCUT2D eigenvalue weighted by atomic mass is 32.2. The molecule has 0 radical (unpaired) electrons. The van der Waals surface area contributed by atoms with Crippen LogP contribution in [-0.2, 0) is 18.7 Å². The van der Waals surface area contributed by atoms with E-state index < -0.39 is 5.76 Å². The summed E-state index contributed by atoms with van der Waals surface area (Å²) < 4.78 is 42.3. The van der Waals surface area contributed by atoms with E-state index in [1.54, 1.807) is 24.3 Å². The summed E-state index contributed by atoms with van der Waals surface area (Å²) in [6, 6.07) is 9.88. The number of furan rings is 1. The first kappa shape index (κ1) is 16.0. The average Bonchev–Trinajstić information content (AvgIpc) is 2.91. The molecule has 6 heteroatoms. The first-order chi connectivity index (χ1) is 10.1. The molecule has 2 nitrogen and oxygen atoms in total. The fourth-order valence-corrected chi connectivity index (χ4v) is 2.28. The molecule has 0 atom stereocenters. The quantitative estimate of drug-likeness (QED) is 0.739. The zero-order chi connectivity index (χ0) is 15.1. The third kappa shape index (κ3) is 5.85. The van der Waals surface area contributed by atoms with Crippen molar-refractivity contribution in [3.8, 4) is 0 Å². The lowest BCUT2D eigenvalue weighted by molar-refractivity contribution is 0.251. The SMILES string of the molecule is Fc1ccc(CCNCc2ccc(CSC(F)F)o2)cc1. The summed E-state index contributed by atoms with van der Waals surface area (Å²) in [6.45, 7) is 1.27. The number of benzene rings is 1. The van der Waals surface area contributed by atoms with E-state index in [0.29, 0.717) is 24.1 Å². The molecule has 0 unspecified atom stereocenters. The van der Waals surface area contributed by atoms with Gasteiger partial charge < -0.3 is 9.73 Å². The van der Waals surface area contributed by atoms with Crippen LogP contribution in [0, 0.1) is 5.82 Å². The highest BCUT2D eigenvalue weighted by molar-refractivity contribution is 7.98. The predicted octanol–water partition coefficient (Wildman–Crippen LogP) is 4.21. The largest absolute Gasteiger partial charge is 0.464 e. The molecule has 0 amide bonds. The van der Waals surface area contributed by atoms with Crippen molar-refractivity contribution in [3.05, 3.63) is 59.3 Å². The Balaban J connectivity index is 1.67. The van der Waals surface area contributed by atoms with Crippen LogP contribution in [0.2, 0.25) is 0 Å². The molecule has 0 fully saturated rings. The molecule has 1 heterocycles. The number of thioether (sulfide) groups is 1. The van der Waals surface area contributed by atoms with Crippen LogP contribution < -0.4 is 5.32 Å². The van der Waals surface area contributed by atoms with E-state index >= 15 is 0 Å². The second kappa shape index (κ2) is 8.14.